The second-order valence-corrected chi connectivity index (χ2v) is 6.92. The largest absolute Gasteiger partial charge is 0.497 e. The number of guanidine groups is 1. The van der Waals surface area contributed by atoms with E-state index < -0.39 is 0 Å². The van der Waals surface area contributed by atoms with Crippen molar-refractivity contribution in [2.45, 2.75) is 44.8 Å². The van der Waals surface area contributed by atoms with Gasteiger partial charge in [0.05, 0.1) is 32.6 Å². The van der Waals surface area contributed by atoms with Crippen LogP contribution in [-0.4, -0.2) is 26.3 Å². The van der Waals surface area contributed by atoms with Gasteiger partial charge in [-0.25, -0.2) is 4.99 Å². The molecule has 1 fully saturated rings. The summed E-state index contributed by atoms with van der Waals surface area (Å²) in [6.07, 6.45) is 6.44. The van der Waals surface area contributed by atoms with E-state index in [1.54, 1.807) is 14.2 Å². The van der Waals surface area contributed by atoms with Gasteiger partial charge < -0.3 is 25.3 Å². The van der Waals surface area contributed by atoms with Gasteiger partial charge in [0.1, 0.15) is 17.2 Å². The maximum absolute atomic E-state index is 6.13. The number of hydrogen-bond acceptors (Lipinski definition) is 4. The Bertz CT molecular complexity index is 801. The Morgan fingerprint density at radius 1 is 1.04 bits per heavy atom. The quantitative estimate of drug-likeness (QED) is 0.549. The molecular weight excluding hydrogens is 354 g/mol. The van der Waals surface area contributed by atoms with Crippen molar-refractivity contribution in [2.24, 2.45) is 10.7 Å². The highest BCUT2D eigenvalue weighted by atomic mass is 16.5. The zero-order chi connectivity index (χ0) is 19.8. The first-order valence-electron chi connectivity index (χ1n) is 9.72. The van der Waals surface area contributed by atoms with Crippen molar-refractivity contribution >= 4 is 11.6 Å². The first-order chi connectivity index (χ1) is 13.7. The molecular formula is C22H29N3O3. The van der Waals surface area contributed by atoms with E-state index >= 15 is 0 Å². The molecule has 1 aliphatic carbocycles. The van der Waals surface area contributed by atoms with Crippen molar-refractivity contribution in [3.8, 4) is 17.2 Å². The van der Waals surface area contributed by atoms with Crippen LogP contribution in [0.1, 0.15) is 37.7 Å². The Balaban J connectivity index is 1.62. The third-order valence-electron chi connectivity index (χ3n) is 4.85. The van der Waals surface area contributed by atoms with Crippen molar-refractivity contribution in [1.82, 2.24) is 0 Å². The van der Waals surface area contributed by atoms with Crippen LogP contribution in [0.3, 0.4) is 0 Å². The van der Waals surface area contributed by atoms with Crippen LogP contribution in [0.4, 0.5) is 5.69 Å². The maximum atomic E-state index is 6.13. The van der Waals surface area contributed by atoms with Gasteiger partial charge in [0.2, 0.25) is 0 Å². The van der Waals surface area contributed by atoms with Gasteiger partial charge in [-0.05, 0) is 55.5 Å². The molecule has 28 heavy (non-hydrogen) atoms. The van der Waals surface area contributed by atoms with Gasteiger partial charge in [0.15, 0.2) is 5.96 Å². The van der Waals surface area contributed by atoms with Gasteiger partial charge in [-0.1, -0.05) is 18.6 Å². The summed E-state index contributed by atoms with van der Waals surface area (Å²) in [5, 5.41) is 3.08. The highest BCUT2D eigenvalue weighted by Gasteiger charge is 2.14. The Morgan fingerprint density at radius 2 is 1.86 bits per heavy atom. The van der Waals surface area contributed by atoms with Crippen molar-refractivity contribution in [2.75, 3.05) is 19.5 Å². The Hall–Kier alpha value is -2.89. The SMILES string of the molecule is COc1ccc(OC)c(NC(N)=NCc2cccc(OC3CCCCC3)c2)c1. The van der Waals surface area contributed by atoms with E-state index in [4.69, 9.17) is 19.9 Å². The molecule has 3 N–H and O–H groups in total. The van der Waals surface area contributed by atoms with Gasteiger partial charge in [0.25, 0.3) is 0 Å². The van der Waals surface area contributed by atoms with Crippen molar-refractivity contribution in [1.29, 1.82) is 0 Å². The summed E-state index contributed by atoms with van der Waals surface area (Å²) in [6.45, 7) is 0.465. The van der Waals surface area contributed by atoms with Gasteiger partial charge in [-0.3, -0.25) is 0 Å². The van der Waals surface area contributed by atoms with Crippen LogP contribution in [0, 0.1) is 0 Å². The number of nitrogens with two attached hydrogens (primary N) is 1. The van der Waals surface area contributed by atoms with E-state index in [1.165, 1.54) is 19.3 Å². The number of nitrogens with zero attached hydrogens (tertiary/aromatic N) is 1. The number of nitrogens with one attached hydrogen (secondary N) is 1. The molecule has 150 valence electrons. The van der Waals surface area contributed by atoms with Gasteiger partial charge in [-0.2, -0.15) is 0 Å². The molecule has 2 aromatic rings. The van der Waals surface area contributed by atoms with Crippen LogP contribution in [0.15, 0.2) is 47.5 Å². The fraction of sp³-hybridized carbons (Fsp3) is 0.409. The molecule has 0 heterocycles. The molecule has 2 aromatic carbocycles. The lowest BCUT2D eigenvalue weighted by Crippen LogP contribution is -2.23. The smallest absolute Gasteiger partial charge is 0.193 e. The van der Waals surface area contributed by atoms with Crippen LogP contribution >= 0.6 is 0 Å². The highest BCUT2D eigenvalue weighted by Crippen LogP contribution is 2.29. The van der Waals surface area contributed by atoms with Crippen LogP contribution in [0.2, 0.25) is 0 Å². The Morgan fingerprint density at radius 3 is 2.61 bits per heavy atom. The number of hydrogen-bond donors (Lipinski definition) is 2. The van der Waals surface area contributed by atoms with E-state index in [0.29, 0.717) is 35.8 Å². The van der Waals surface area contributed by atoms with E-state index in [1.807, 2.05) is 42.5 Å². The summed E-state index contributed by atoms with van der Waals surface area (Å²) in [6, 6.07) is 13.5. The molecule has 0 radical (unpaired) electrons. The summed E-state index contributed by atoms with van der Waals surface area (Å²) in [7, 11) is 3.23. The maximum Gasteiger partial charge on any atom is 0.193 e. The molecule has 0 amide bonds. The number of benzene rings is 2. The minimum Gasteiger partial charge on any atom is -0.497 e. The van der Waals surface area contributed by atoms with Crippen LogP contribution in [0.25, 0.3) is 0 Å². The van der Waals surface area contributed by atoms with E-state index in [2.05, 4.69) is 10.3 Å². The lowest BCUT2D eigenvalue weighted by atomic mass is 9.98. The first kappa shape index (κ1) is 19.9. The number of rotatable bonds is 7. The molecule has 0 spiro atoms. The predicted octanol–water partition coefficient (Wildman–Crippen LogP) is 4.34. The molecule has 0 bridgehead atoms. The van der Waals surface area contributed by atoms with Crippen LogP contribution in [-0.2, 0) is 6.54 Å². The highest BCUT2D eigenvalue weighted by molar-refractivity contribution is 5.94. The first-order valence-corrected chi connectivity index (χ1v) is 9.72. The second-order valence-electron chi connectivity index (χ2n) is 6.92. The summed E-state index contributed by atoms with van der Waals surface area (Å²) in [5.41, 5.74) is 7.82. The topological polar surface area (TPSA) is 78.1 Å². The minimum absolute atomic E-state index is 0.310. The fourth-order valence-corrected chi connectivity index (χ4v) is 3.36. The molecule has 1 saturated carbocycles. The predicted molar refractivity (Wildman–Crippen MR) is 112 cm³/mol. The number of anilines is 1. The molecule has 1 aliphatic rings. The molecule has 0 aromatic heterocycles. The molecule has 6 nitrogen and oxygen atoms in total. The van der Waals surface area contributed by atoms with Crippen molar-refractivity contribution < 1.29 is 14.2 Å². The van der Waals surface area contributed by atoms with E-state index in [-0.39, 0.29) is 0 Å². The third-order valence-corrected chi connectivity index (χ3v) is 4.85. The number of aliphatic imine (C=N–C) groups is 1. The van der Waals surface area contributed by atoms with E-state index in [0.717, 1.165) is 24.2 Å². The van der Waals surface area contributed by atoms with E-state index in [9.17, 15) is 0 Å². The van der Waals surface area contributed by atoms with Gasteiger partial charge >= 0.3 is 0 Å². The monoisotopic (exact) mass is 383 g/mol. The minimum atomic E-state index is 0.310. The van der Waals surface area contributed by atoms with Crippen molar-refractivity contribution in [3.05, 3.63) is 48.0 Å². The average molecular weight is 383 g/mol. The summed E-state index contributed by atoms with van der Waals surface area (Å²) < 4.78 is 16.7. The molecule has 0 saturated heterocycles. The van der Waals surface area contributed by atoms with Gasteiger partial charge in [-0.15, -0.1) is 0 Å². The summed E-state index contributed by atoms with van der Waals surface area (Å²) in [4.78, 5) is 4.44. The van der Waals surface area contributed by atoms with Crippen molar-refractivity contribution in [3.63, 3.8) is 0 Å². The third kappa shape index (κ3) is 5.55. The molecule has 0 aliphatic heterocycles. The zero-order valence-electron chi connectivity index (χ0n) is 16.6. The standard InChI is InChI=1S/C22H29N3O3/c1-26-18-11-12-21(27-2)20(14-18)25-22(23)24-15-16-7-6-10-19(13-16)28-17-8-4-3-5-9-17/h6-7,10-14,17H,3-5,8-9,15H2,1-2H3,(H3,23,24,25). The lowest BCUT2D eigenvalue weighted by molar-refractivity contribution is 0.155. The summed E-state index contributed by atoms with van der Waals surface area (Å²) in [5.74, 6) is 2.59. The van der Waals surface area contributed by atoms with Crippen LogP contribution < -0.4 is 25.3 Å². The molecule has 0 atom stereocenters. The zero-order valence-corrected chi connectivity index (χ0v) is 16.6. The number of methoxy groups -OCH3 is 2. The lowest BCUT2D eigenvalue weighted by Gasteiger charge is -2.23. The van der Waals surface area contributed by atoms with Crippen LogP contribution in [0.5, 0.6) is 17.2 Å². The second kappa shape index (κ2) is 9.88. The number of ether oxygens (including phenoxy) is 3. The summed E-state index contributed by atoms with van der Waals surface area (Å²) >= 11 is 0. The fourth-order valence-electron chi connectivity index (χ4n) is 3.36. The molecule has 0 unspecified atom stereocenters. The molecule has 6 heteroatoms. The van der Waals surface area contributed by atoms with Gasteiger partial charge in [0, 0.05) is 6.07 Å². The normalized spacial score (nSPS) is 15.1. The Labute approximate surface area is 166 Å². The Kier molecular flexibility index (Phi) is 7.00. The average Bonchev–Trinajstić information content (AvgIpc) is 2.73. The molecule has 3 rings (SSSR count).